The second kappa shape index (κ2) is 3.85. The SMILES string of the molecule is Cc1oc2ccccc2c1-n1c(O)c2n(c1=O)[C@H]1CC[C@@H]2C1. The number of fused-ring (bicyclic) bond motifs is 6. The molecule has 2 aromatic heterocycles. The van der Waals surface area contributed by atoms with Gasteiger partial charge in [0.2, 0.25) is 5.88 Å². The number of aryl methyl sites for hydroxylation is 1. The van der Waals surface area contributed by atoms with Crippen LogP contribution in [0.2, 0.25) is 0 Å². The minimum absolute atomic E-state index is 0.0897. The number of nitrogens with zero attached hydrogens (tertiary/aromatic N) is 2. The van der Waals surface area contributed by atoms with Crippen molar-refractivity contribution in [2.75, 3.05) is 0 Å². The number of hydrogen-bond donors (Lipinski definition) is 1. The molecule has 0 amide bonds. The number of imidazole rings is 1. The van der Waals surface area contributed by atoms with Crippen LogP contribution in [0.3, 0.4) is 0 Å². The molecule has 22 heavy (non-hydrogen) atoms. The van der Waals surface area contributed by atoms with Crippen LogP contribution in [0.4, 0.5) is 0 Å². The van der Waals surface area contributed by atoms with Gasteiger partial charge in [-0.15, -0.1) is 0 Å². The largest absolute Gasteiger partial charge is 0.493 e. The summed E-state index contributed by atoms with van der Waals surface area (Å²) in [4.78, 5) is 12.9. The van der Waals surface area contributed by atoms with Crippen molar-refractivity contribution in [3.63, 3.8) is 0 Å². The third kappa shape index (κ3) is 1.27. The van der Waals surface area contributed by atoms with E-state index in [0.29, 0.717) is 17.4 Å². The van der Waals surface area contributed by atoms with Gasteiger partial charge in [-0.25, -0.2) is 9.36 Å². The monoisotopic (exact) mass is 296 g/mol. The number of aromatic hydroxyl groups is 1. The van der Waals surface area contributed by atoms with Gasteiger partial charge < -0.3 is 9.52 Å². The normalized spacial score (nSPS) is 22.6. The molecule has 1 aliphatic carbocycles. The van der Waals surface area contributed by atoms with Crippen molar-refractivity contribution in [1.29, 1.82) is 0 Å². The van der Waals surface area contributed by atoms with Gasteiger partial charge in [0, 0.05) is 17.3 Å². The minimum atomic E-state index is -0.144. The van der Waals surface area contributed by atoms with Gasteiger partial charge in [0.15, 0.2) is 0 Å². The topological polar surface area (TPSA) is 60.3 Å². The van der Waals surface area contributed by atoms with Crippen molar-refractivity contribution < 1.29 is 9.52 Å². The Morgan fingerprint density at radius 3 is 2.91 bits per heavy atom. The number of furan rings is 1. The van der Waals surface area contributed by atoms with Crippen molar-refractivity contribution in [2.24, 2.45) is 0 Å². The Balaban J connectivity index is 1.87. The van der Waals surface area contributed by atoms with Gasteiger partial charge in [-0.05, 0) is 38.3 Å². The van der Waals surface area contributed by atoms with E-state index in [4.69, 9.17) is 4.42 Å². The van der Waals surface area contributed by atoms with Crippen LogP contribution in [0.5, 0.6) is 5.88 Å². The summed E-state index contributed by atoms with van der Waals surface area (Å²) >= 11 is 0. The lowest BCUT2D eigenvalue weighted by atomic mass is 10.1. The first-order chi connectivity index (χ1) is 10.7. The molecule has 1 saturated carbocycles. The number of para-hydroxylation sites is 1. The van der Waals surface area contributed by atoms with Crippen molar-refractivity contribution >= 4 is 11.0 Å². The molecule has 5 nitrogen and oxygen atoms in total. The Labute approximate surface area is 126 Å². The van der Waals surface area contributed by atoms with E-state index in [2.05, 4.69) is 0 Å². The highest BCUT2D eigenvalue weighted by molar-refractivity contribution is 5.88. The summed E-state index contributed by atoms with van der Waals surface area (Å²) in [7, 11) is 0. The Morgan fingerprint density at radius 1 is 1.27 bits per heavy atom. The molecule has 3 aromatic rings. The first-order valence-corrected chi connectivity index (χ1v) is 7.71. The second-order valence-electron chi connectivity index (χ2n) is 6.36. The van der Waals surface area contributed by atoms with Crippen LogP contribution in [0, 0.1) is 6.92 Å². The second-order valence-corrected chi connectivity index (χ2v) is 6.36. The van der Waals surface area contributed by atoms with E-state index in [1.54, 1.807) is 4.57 Å². The zero-order valence-electron chi connectivity index (χ0n) is 12.2. The number of aromatic nitrogens is 2. The van der Waals surface area contributed by atoms with E-state index in [0.717, 1.165) is 35.9 Å². The van der Waals surface area contributed by atoms with Crippen molar-refractivity contribution in [3.8, 4) is 11.6 Å². The average Bonchev–Trinajstić information content (AvgIpc) is 3.23. The minimum Gasteiger partial charge on any atom is -0.493 e. The van der Waals surface area contributed by atoms with E-state index in [1.165, 1.54) is 4.57 Å². The standard InChI is InChI=1S/C17H16N2O3/c1-9-14(12-4-2-3-5-13(12)22-9)19-16(20)15-10-6-7-11(8-10)18(15)17(19)21/h2-5,10-11,20H,6-8H2,1H3/t10-,11+/m1/s1. The lowest BCUT2D eigenvalue weighted by Crippen LogP contribution is -2.25. The van der Waals surface area contributed by atoms with E-state index in [-0.39, 0.29) is 17.6 Å². The third-order valence-corrected chi connectivity index (χ3v) is 5.22. The van der Waals surface area contributed by atoms with Crippen LogP contribution in [0.15, 0.2) is 33.5 Å². The fraction of sp³-hybridized carbons (Fsp3) is 0.353. The maximum absolute atomic E-state index is 12.9. The van der Waals surface area contributed by atoms with Crippen LogP contribution in [-0.2, 0) is 0 Å². The molecule has 0 spiro atoms. The number of benzene rings is 1. The fourth-order valence-electron chi connectivity index (χ4n) is 4.33. The number of hydrogen-bond acceptors (Lipinski definition) is 3. The van der Waals surface area contributed by atoms with Gasteiger partial charge in [0.05, 0.1) is 5.69 Å². The summed E-state index contributed by atoms with van der Waals surface area (Å²) < 4.78 is 8.98. The van der Waals surface area contributed by atoms with Crippen LogP contribution in [-0.4, -0.2) is 14.2 Å². The molecule has 1 N–H and O–H groups in total. The van der Waals surface area contributed by atoms with Crippen LogP contribution in [0.25, 0.3) is 16.7 Å². The van der Waals surface area contributed by atoms with Crippen LogP contribution in [0.1, 0.15) is 42.7 Å². The highest BCUT2D eigenvalue weighted by atomic mass is 16.3. The molecule has 3 heterocycles. The van der Waals surface area contributed by atoms with Crippen LogP contribution < -0.4 is 5.69 Å². The molecule has 5 rings (SSSR count). The zero-order chi connectivity index (χ0) is 15.0. The summed E-state index contributed by atoms with van der Waals surface area (Å²) in [6.45, 7) is 1.83. The maximum atomic E-state index is 12.9. The lowest BCUT2D eigenvalue weighted by molar-refractivity contribution is 0.427. The van der Waals surface area contributed by atoms with Gasteiger partial charge >= 0.3 is 5.69 Å². The Morgan fingerprint density at radius 2 is 2.09 bits per heavy atom. The summed E-state index contributed by atoms with van der Waals surface area (Å²) in [5.74, 6) is 1.06. The Hall–Kier alpha value is -2.43. The number of rotatable bonds is 1. The molecule has 2 atom stereocenters. The molecule has 1 aliphatic heterocycles. The van der Waals surface area contributed by atoms with Crippen molar-refractivity contribution in [2.45, 2.75) is 38.1 Å². The van der Waals surface area contributed by atoms with Gasteiger partial charge in [0.1, 0.15) is 17.0 Å². The molecule has 5 heteroatoms. The van der Waals surface area contributed by atoms with Gasteiger partial charge in [-0.2, -0.15) is 0 Å². The molecule has 2 bridgehead atoms. The predicted octanol–water partition coefficient (Wildman–Crippen LogP) is 3.22. The quantitative estimate of drug-likeness (QED) is 0.750. The summed E-state index contributed by atoms with van der Waals surface area (Å²) in [6.07, 6.45) is 3.09. The maximum Gasteiger partial charge on any atom is 0.336 e. The highest BCUT2D eigenvalue weighted by Gasteiger charge is 2.43. The average molecular weight is 296 g/mol. The third-order valence-electron chi connectivity index (χ3n) is 5.22. The molecular formula is C17H16N2O3. The first kappa shape index (κ1) is 12.1. The summed E-state index contributed by atoms with van der Waals surface area (Å²) in [6, 6.07) is 7.86. The molecule has 1 fully saturated rings. The summed E-state index contributed by atoms with van der Waals surface area (Å²) in [5, 5.41) is 11.6. The van der Waals surface area contributed by atoms with Gasteiger partial charge in [0.25, 0.3) is 0 Å². The molecule has 0 radical (unpaired) electrons. The van der Waals surface area contributed by atoms with Crippen molar-refractivity contribution in [1.82, 2.24) is 9.13 Å². The summed E-state index contributed by atoms with van der Waals surface area (Å²) in [5.41, 5.74) is 2.07. The molecular weight excluding hydrogens is 280 g/mol. The molecule has 112 valence electrons. The highest BCUT2D eigenvalue weighted by Crippen LogP contribution is 2.51. The van der Waals surface area contributed by atoms with E-state index in [1.807, 2.05) is 31.2 Å². The smallest absolute Gasteiger partial charge is 0.336 e. The molecule has 1 aromatic carbocycles. The lowest BCUT2D eigenvalue weighted by Gasteiger charge is -2.11. The van der Waals surface area contributed by atoms with E-state index in [9.17, 15) is 9.90 Å². The van der Waals surface area contributed by atoms with Gasteiger partial charge in [-0.1, -0.05) is 12.1 Å². The molecule has 2 aliphatic rings. The zero-order valence-corrected chi connectivity index (χ0v) is 12.2. The van der Waals surface area contributed by atoms with Crippen LogP contribution >= 0.6 is 0 Å². The van der Waals surface area contributed by atoms with E-state index >= 15 is 0 Å². The Kier molecular flexibility index (Phi) is 2.13. The first-order valence-electron chi connectivity index (χ1n) is 7.71. The van der Waals surface area contributed by atoms with E-state index < -0.39 is 0 Å². The molecule has 0 saturated heterocycles. The Bertz CT molecular complexity index is 976. The van der Waals surface area contributed by atoms with Gasteiger partial charge in [-0.3, -0.25) is 4.57 Å². The predicted molar refractivity (Wildman–Crippen MR) is 81.8 cm³/mol. The molecule has 0 unspecified atom stereocenters. The fourth-order valence-corrected chi connectivity index (χ4v) is 4.33. The van der Waals surface area contributed by atoms with Crippen molar-refractivity contribution in [3.05, 3.63) is 46.2 Å².